The van der Waals surface area contributed by atoms with Crippen LogP contribution in [0.4, 0.5) is 11.4 Å². The van der Waals surface area contributed by atoms with Gasteiger partial charge in [-0.3, -0.25) is 9.59 Å². The Bertz CT molecular complexity index is 1070. The Morgan fingerprint density at radius 1 is 1.00 bits per heavy atom. The van der Waals surface area contributed by atoms with Crippen LogP contribution >= 0.6 is 0 Å². The summed E-state index contributed by atoms with van der Waals surface area (Å²) < 4.78 is 0. The molecule has 0 bridgehead atoms. The number of amides is 2. The smallest absolute Gasteiger partial charge is 0.258 e. The standard InChI is InChI=1S/C26H26N2O2/c1-18(2)20-11-13-23(14-12-20)28-17-21-10-9-19(15-24(21)26(28)30)16-25(29)27(3)22-7-5-4-6-8-22/h4-15,18H,16-17H2,1-3H3. The fraction of sp³-hybridized carbons (Fsp3) is 0.231. The SMILES string of the molecule is CC(C)c1ccc(N2Cc3ccc(CC(=O)N(C)c4ccccc4)cc3C2=O)cc1. The molecule has 0 aliphatic carbocycles. The van der Waals surface area contributed by atoms with Crippen LogP contribution in [0.15, 0.2) is 72.8 Å². The minimum absolute atomic E-state index is 0.00647. The van der Waals surface area contributed by atoms with Crippen LogP contribution in [-0.4, -0.2) is 18.9 Å². The predicted molar refractivity (Wildman–Crippen MR) is 121 cm³/mol. The van der Waals surface area contributed by atoms with Gasteiger partial charge < -0.3 is 9.80 Å². The van der Waals surface area contributed by atoms with E-state index < -0.39 is 0 Å². The first-order chi connectivity index (χ1) is 14.4. The van der Waals surface area contributed by atoms with Crippen molar-refractivity contribution in [2.75, 3.05) is 16.8 Å². The summed E-state index contributed by atoms with van der Waals surface area (Å²) in [5, 5.41) is 0. The number of benzene rings is 3. The molecule has 152 valence electrons. The van der Waals surface area contributed by atoms with Gasteiger partial charge in [0.25, 0.3) is 5.91 Å². The van der Waals surface area contributed by atoms with Gasteiger partial charge in [-0.25, -0.2) is 0 Å². The third kappa shape index (κ3) is 3.86. The number of carbonyl (C=O) groups excluding carboxylic acids is 2. The molecule has 3 aromatic carbocycles. The molecule has 4 heteroatoms. The second-order valence-electron chi connectivity index (χ2n) is 8.09. The minimum Gasteiger partial charge on any atom is -0.315 e. The molecule has 3 aromatic rings. The molecule has 0 radical (unpaired) electrons. The van der Waals surface area contributed by atoms with E-state index in [0.29, 0.717) is 18.0 Å². The third-order valence-corrected chi connectivity index (χ3v) is 5.72. The Labute approximate surface area is 177 Å². The Morgan fingerprint density at radius 2 is 1.70 bits per heavy atom. The lowest BCUT2D eigenvalue weighted by molar-refractivity contribution is -0.117. The average Bonchev–Trinajstić information content (AvgIpc) is 3.10. The van der Waals surface area contributed by atoms with Gasteiger partial charge in [0.15, 0.2) is 0 Å². The molecule has 0 fully saturated rings. The van der Waals surface area contributed by atoms with Crippen LogP contribution in [0.5, 0.6) is 0 Å². The van der Waals surface area contributed by atoms with Crippen LogP contribution in [0.3, 0.4) is 0 Å². The lowest BCUT2D eigenvalue weighted by atomic mass is 10.0. The van der Waals surface area contributed by atoms with Gasteiger partial charge in [0.1, 0.15) is 0 Å². The van der Waals surface area contributed by atoms with Gasteiger partial charge in [0.05, 0.1) is 13.0 Å². The van der Waals surface area contributed by atoms with Crippen molar-refractivity contribution in [1.82, 2.24) is 0 Å². The van der Waals surface area contributed by atoms with Crippen molar-refractivity contribution in [1.29, 1.82) is 0 Å². The molecule has 2 amide bonds. The van der Waals surface area contributed by atoms with Gasteiger partial charge in [-0.05, 0) is 52.9 Å². The van der Waals surface area contributed by atoms with E-state index in [1.807, 2.05) is 60.7 Å². The lowest BCUT2D eigenvalue weighted by Gasteiger charge is -2.17. The molecule has 30 heavy (non-hydrogen) atoms. The zero-order chi connectivity index (χ0) is 21.3. The molecule has 0 unspecified atom stereocenters. The number of fused-ring (bicyclic) bond motifs is 1. The van der Waals surface area contributed by atoms with E-state index in [-0.39, 0.29) is 18.2 Å². The second kappa shape index (κ2) is 8.15. The van der Waals surface area contributed by atoms with E-state index >= 15 is 0 Å². The molecule has 1 aliphatic rings. The molecule has 0 N–H and O–H groups in total. The fourth-order valence-electron chi connectivity index (χ4n) is 3.79. The number of hydrogen-bond acceptors (Lipinski definition) is 2. The molecule has 0 saturated carbocycles. The van der Waals surface area contributed by atoms with Crippen molar-refractivity contribution in [2.45, 2.75) is 32.7 Å². The van der Waals surface area contributed by atoms with Gasteiger partial charge in [-0.2, -0.15) is 0 Å². The highest BCUT2D eigenvalue weighted by molar-refractivity contribution is 6.10. The molecule has 0 saturated heterocycles. The quantitative estimate of drug-likeness (QED) is 0.594. The first kappa shape index (κ1) is 19.9. The number of likely N-dealkylation sites (N-methyl/N-ethyl adjacent to an activating group) is 1. The number of nitrogens with zero attached hydrogens (tertiary/aromatic N) is 2. The van der Waals surface area contributed by atoms with E-state index in [0.717, 1.165) is 22.5 Å². The fourth-order valence-corrected chi connectivity index (χ4v) is 3.79. The van der Waals surface area contributed by atoms with Gasteiger partial charge in [0, 0.05) is 24.0 Å². The molecular formula is C26H26N2O2. The van der Waals surface area contributed by atoms with Crippen LogP contribution in [0.25, 0.3) is 0 Å². The summed E-state index contributed by atoms with van der Waals surface area (Å²) in [4.78, 5) is 29.2. The molecule has 0 atom stereocenters. The van der Waals surface area contributed by atoms with Gasteiger partial charge >= 0.3 is 0 Å². The highest BCUT2D eigenvalue weighted by Gasteiger charge is 2.29. The van der Waals surface area contributed by atoms with Gasteiger partial charge in [-0.1, -0.05) is 56.3 Å². The molecule has 4 rings (SSSR count). The van der Waals surface area contributed by atoms with Crippen LogP contribution in [0.2, 0.25) is 0 Å². The first-order valence-corrected chi connectivity index (χ1v) is 10.3. The highest BCUT2D eigenvalue weighted by Crippen LogP contribution is 2.30. The maximum absolute atomic E-state index is 13.0. The molecule has 0 aromatic heterocycles. The van der Waals surface area contributed by atoms with Crippen molar-refractivity contribution < 1.29 is 9.59 Å². The minimum atomic E-state index is -0.00673. The lowest BCUT2D eigenvalue weighted by Crippen LogP contribution is -2.27. The summed E-state index contributed by atoms with van der Waals surface area (Å²) >= 11 is 0. The zero-order valence-corrected chi connectivity index (χ0v) is 17.6. The molecular weight excluding hydrogens is 372 g/mol. The monoisotopic (exact) mass is 398 g/mol. The number of rotatable bonds is 5. The Balaban J connectivity index is 1.50. The second-order valence-corrected chi connectivity index (χ2v) is 8.09. The molecule has 1 aliphatic heterocycles. The maximum atomic E-state index is 13.0. The van der Waals surface area contributed by atoms with Gasteiger partial charge in [0.2, 0.25) is 5.91 Å². The topological polar surface area (TPSA) is 40.6 Å². The van der Waals surface area contributed by atoms with E-state index in [2.05, 4.69) is 26.0 Å². The normalized spacial score (nSPS) is 12.9. The largest absolute Gasteiger partial charge is 0.315 e. The predicted octanol–water partition coefficient (Wildman–Crippen LogP) is 5.18. The summed E-state index contributed by atoms with van der Waals surface area (Å²) in [5.41, 5.74) is 5.56. The molecule has 0 spiro atoms. The van der Waals surface area contributed by atoms with Crippen molar-refractivity contribution in [2.24, 2.45) is 0 Å². The third-order valence-electron chi connectivity index (χ3n) is 5.72. The highest BCUT2D eigenvalue weighted by atomic mass is 16.2. The maximum Gasteiger partial charge on any atom is 0.258 e. The van der Waals surface area contributed by atoms with Crippen LogP contribution < -0.4 is 9.80 Å². The summed E-state index contributed by atoms with van der Waals surface area (Å²) in [6.07, 6.45) is 0.259. The van der Waals surface area contributed by atoms with E-state index in [1.165, 1.54) is 5.56 Å². The summed E-state index contributed by atoms with van der Waals surface area (Å²) in [6, 6.07) is 23.6. The summed E-state index contributed by atoms with van der Waals surface area (Å²) in [7, 11) is 1.78. The van der Waals surface area contributed by atoms with Crippen LogP contribution in [0, 0.1) is 0 Å². The van der Waals surface area contributed by atoms with E-state index in [9.17, 15) is 9.59 Å². The Morgan fingerprint density at radius 3 is 2.37 bits per heavy atom. The van der Waals surface area contributed by atoms with Crippen LogP contribution in [0.1, 0.15) is 46.8 Å². The van der Waals surface area contributed by atoms with Crippen LogP contribution in [-0.2, 0) is 17.8 Å². The summed E-state index contributed by atoms with van der Waals surface area (Å²) in [5.74, 6) is 0.445. The first-order valence-electron chi connectivity index (χ1n) is 10.3. The number of anilines is 2. The summed E-state index contributed by atoms with van der Waals surface area (Å²) in [6.45, 7) is 4.88. The molecule has 4 nitrogen and oxygen atoms in total. The zero-order valence-electron chi connectivity index (χ0n) is 17.6. The van der Waals surface area contributed by atoms with Crippen molar-refractivity contribution in [3.8, 4) is 0 Å². The van der Waals surface area contributed by atoms with Gasteiger partial charge in [-0.15, -0.1) is 0 Å². The number of para-hydroxylation sites is 1. The number of carbonyl (C=O) groups is 2. The van der Waals surface area contributed by atoms with E-state index in [1.54, 1.807) is 16.8 Å². The average molecular weight is 399 g/mol. The Hall–Kier alpha value is -3.40. The molecule has 1 heterocycles. The van der Waals surface area contributed by atoms with Crippen molar-refractivity contribution >= 4 is 23.2 Å². The van der Waals surface area contributed by atoms with Crippen molar-refractivity contribution in [3.63, 3.8) is 0 Å². The van der Waals surface area contributed by atoms with Crippen molar-refractivity contribution in [3.05, 3.63) is 95.1 Å². The Kier molecular flexibility index (Phi) is 5.40. The van der Waals surface area contributed by atoms with E-state index in [4.69, 9.17) is 0 Å². The number of hydrogen-bond donors (Lipinski definition) is 0.